The van der Waals surface area contributed by atoms with E-state index in [0.29, 0.717) is 6.42 Å². The molecule has 0 spiro atoms. The van der Waals surface area contributed by atoms with Crippen LogP contribution in [0, 0.1) is 0 Å². The Kier molecular flexibility index (Phi) is 6.05. The van der Waals surface area contributed by atoms with Crippen LogP contribution in [0.3, 0.4) is 0 Å². The molecular weight excluding hydrogens is 341 g/mol. The fraction of sp³-hybridized carbons (Fsp3) is 0.385. The third-order valence-corrected chi connectivity index (χ3v) is 5.48. The van der Waals surface area contributed by atoms with Gasteiger partial charge < -0.3 is 0 Å². The van der Waals surface area contributed by atoms with E-state index in [2.05, 4.69) is 9.04 Å². The van der Waals surface area contributed by atoms with Gasteiger partial charge in [-0.2, -0.15) is 0 Å². The van der Waals surface area contributed by atoms with Crippen molar-refractivity contribution in [3.63, 3.8) is 0 Å². The number of phenols is 1. The maximum absolute atomic E-state index is 12.1. The van der Waals surface area contributed by atoms with Crippen molar-refractivity contribution in [1.29, 1.82) is 0 Å². The second-order valence-corrected chi connectivity index (χ2v) is 8.12. The second kappa shape index (κ2) is 7.33. The van der Waals surface area contributed by atoms with E-state index in [-0.39, 0.29) is 22.2 Å². The average Bonchev–Trinajstić information content (AvgIpc) is 2.37. The van der Waals surface area contributed by atoms with E-state index < -0.39 is 26.0 Å². The van der Waals surface area contributed by atoms with Crippen molar-refractivity contribution in [2.45, 2.75) is 33.1 Å². The molecule has 1 amide bonds. The number of nitrogens with one attached hydrogen (secondary N) is 1. The minimum atomic E-state index is -5.04. The van der Waals surface area contributed by atoms with Gasteiger partial charge in [0.2, 0.25) is 0 Å². The van der Waals surface area contributed by atoms with Crippen LogP contribution in [0.25, 0.3) is 0 Å². The van der Waals surface area contributed by atoms with Crippen molar-refractivity contribution >= 4 is 36.1 Å². The van der Waals surface area contributed by atoms with Gasteiger partial charge in [0.25, 0.3) is 0 Å². The number of amides is 1. The molecule has 0 heterocycles. The first-order valence-corrected chi connectivity index (χ1v) is 9.73. The summed E-state index contributed by atoms with van der Waals surface area (Å²) in [5, 5.41) is 11.9. The molecule has 1 rings (SSSR count). The predicted octanol–water partition coefficient (Wildman–Crippen LogP) is 0.653. The van der Waals surface area contributed by atoms with E-state index in [1.165, 1.54) is 13.0 Å². The van der Waals surface area contributed by atoms with Crippen LogP contribution in [0.5, 0.6) is 5.75 Å². The van der Waals surface area contributed by atoms with Gasteiger partial charge in [0.15, 0.2) is 0 Å². The topological polar surface area (TPSA) is 113 Å². The summed E-state index contributed by atoms with van der Waals surface area (Å²) < 4.78 is 26.5. The molecule has 1 unspecified atom stereocenters. The van der Waals surface area contributed by atoms with Crippen molar-refractivity contribution in [3.8, 4) is 5.75 Å². The zero-order valence-corrected chi connectivity index (χ0v) is 13.7. The molecule has 1 aromatic carbocycles. The summed E-state index contributed by atoms with van der Waals surface area (Å²) in [6.07, 6.45) is 1.41. The number of phenolic OH excluding ortho intramolecular Hbond substituents is 1. The summed E-state index contributed by atoms with van der Waals surface area (Å²) >= 11 is -5.04. The third-order valence-electron chi connectivity index (χ3n) is 2.58. The van der Waals surface area contributed by atoms with E-state index >= 15 is 0 Å². The van der Waals surface area contributed by atoms with Crippen LogP contribution in [0.2, 0.25) is 0 Å². The molecule has 0 aliphatic heterocycles. The normalized spacial score (nSPS) is 13.3. The summed E-state index contributed by atoms with van der Waals surface area (Å²) in [7, 11) is 0. The summed E-state index contributed by atoms with van der Waals surface area (Å²) in [5.41, 5.74) is -0.0136. The summed E-state index contributed by atoms with van der Waals surface area (Å²) in [6, 6.07) is 3.47. The van der Waals surface area contributed by atoms with Gasteiger partial charge in [-0.25, -0.2) is 0 Å². The number of rotatable bonds is 6. The van der Waals surface area contributed by atoms with Crippen molar-refractivity contribution in [2.75, 3.05) is 5.32 Å². The number of unbranched alkanes of at least 4 members (excludes halogenated alkanes) is 1. The quantitative estimate of drug-likeness (QED) is 0.508. The molecule has 0 bridgehead atoms. The van der Waals surface area contributed by atoms with Crippen LogP contribution in [0.1, 0.15) is 33.1 Å². The molecule has 116 valence electrons. The molecule has 0 radical (unpaired) electrons. The Hall–Kier alpha value is -1.72. The molecule has 1 atom stereocenters. The Morgan fingerprint density at radius 2 is 2.05 bits per heavy atom. The molecule has 3 N–H and O–H groups in total. The van der Waals surface area contributed by atoms with Crippen LogP contribution >= 0.6 is 0 Å². The van der Waals surface area contributed by atoms with Crippen molar-refractivity contribution in [1.82, 2.24) is 0 Å². The standard InChI is InChI=1S/C13H18AsNO6/c1-3-4-5-13(18)21-14(19,20)10-6-7-12(17)11(8-10)15-9(2)16/h6-8,17H,3-5H2,1-2H3,(H,15,16)(H,19,20). The van der Waals surface area contributed by atoms with E-state index in [0.717, 1.165) is 18.6 Å². The average molecular weight is 359 g/mol. The van der Waals surface area contributed by atoms with Crippen LogP contribution < -0.4 is 9.67 Å². The van der Waals surface area contributed by atoms with Gasteiger partial charge in [-0.1, -0.05) is 0 Å². The second-order valence-electron chi connectivity index (χ2n) is 4.47. The monoisotopic (exact) mass is 359 g/mol. The summed E-state index contributed by atoms with van der Waals surface area (Å²) in [4.78, 5) is 22.5. The fourth-order valence-electron chi connectivity index (χ4n) is 1.55. The number of benzene rings is 1. The zero-order chi connectivity index (χ0) is 16.0. The van der Waals surface area contributed by atoms with Crippen LogP contribution in [-0.2, 0) is 17.1 Å². The maximum atomic E-state index is 12.1. The van der Waals surface area contributed by atoms with Gasteiger partial charge in [0, 0.05) is 0 Å². The molecule has 0 saturated carbocycles. The molecule has 0 aliphatic rings. The van der Waals surface area contributed by atoms with Crippen LogP contribution in [0.15, 0.2) is 18.2 Å². The molecule has 0 fully saturated rings. The van der Waals surface area contributed by atoms with E-state index in [4.69, 9.17) is 0 Å². The number of carbonyl (C=O) groups is 2. The van der Waals surface area contributed by atoms with E-state index in [1.807, 2.05) is 6.92 Å². The minimum absolute atomic E-state index is 0.0136. The first kappa shape index (κ1) is 17.3. The first-order chi connectivity index (χ1) is 9.76. The Labute approximate surface area is 125 Å². The molecular formula is C13H18AsNO6. The molecule has 0 saturated heterocycles. The Bertz CT molecular complexity index is 586. The molecule has 1 aromatic rings. The van der Waals surface area contributed by atoms with Gasteiger partial charge in [0.1, 0.15) is 0 Å². The SMILES string of the molecule is CCCCC(=O)O[As](=O)(O)c1ccc(O)c(NC(C)=O)c1. The predicted molar refractivity (Wildman–Crippen MR) is 76.3 cm³/mol. The number of carbonyl (C=O) groups excluding carboxylic acids is 2. The van der Waals surface area contributed by atoms with E-state index in [1.54, 1.807) is 0 Å². The zero-order valence-electron chi connectivity index (χ0n) is 11.8. The number of aromatic hydroxyl groups is 1. The van der Waals surface area contributed by atoms with Gasteiger partial charge >= 0.3 is 125 Å². The Balaban J connectivity index is 2.95. The summed E-state index contributed by atoms with van der Waals surface area (Å²) in [6.45, 7) is 3.12. The molecule has 21 heavy (non-hydrogen) atoms. The molecule has 7 nitrogen and oxygen atoms in total. The first-order valence-electron chi connectivity index (χ1n) is 6.42. The Morgan fingerprint density at radius 3 is 2.62 bits per heavy atom. The van der Waals surface area contributed by atoms with Crippen molar-refractivity contribution in [3.05, 3.63) is 18.2 Å². The molecule has 0 aromatic heterocycles. The number of hydrogen-bond acceptors (Lipinski definition) is 5. The van der Waals surface area contributed by atoms with E-state index in [9.17, 15) is 22.5 Å². The van der Waals surface area contributed by atoms with Gasteiger partial charge in [-0.3, -0.25) is 0 Å². The van der Waals surface area contributed by atoms with Gasteiger partial charge in [-0.05, 0) is 0 Å². The Morgan fingerprint density at radius 1 is 1.38 bits per heavy atom. The van der Waals surface area contributed by atoms with Crippen molar-refractivity contribution in [2.24, 2.45) is 0 Å². The van der Waals surface area contributed by atoms with Crippen LogP contribution in [0.4, 0.5) is 5.69 Å². The molecule has 8 heteroatoms. The third kappa shape index (κ3) is 5.28. The number of hydrogen-bond donors (Lipinski definition) is 3. The fourth-order valence-corrected chi connectivity index (χ4v) is 3.70. The number of anilines is 1. The van der Waals surface area contributed by atoms with Crippen LogP contribution in [-0.4, -0.2) is 35.3 Å². The van der Waals surface area contributed by atoms with Gasteiger partial charge in [-0.15, -0.1) is 0 Å². The summed E-state index contributed by atoms with van der Waals surface area (Å²) in [5.74, 6) is -1.43. The molecule has 0 aliphatic carbocycles. The van der Waals surface area contributed by atoms with Gasteiger partial charge in [0.05, 0.1) is 0 Å². The van der Waals surface area contributed by atoms with Crippen molar-refractivity contribution < 1.29 is 26.3 Å².